The van der Waals surface area contributed by atoms with Gasteiger partial charge in [-0.05, 0) is 24.3 Å². The Bertz CT molecular complexity index is 1200. The summed E-state index contributed by atoms with van der Waals surface area (Å²) in [5, 5.41) is 20.3. The summed E-state index contributed by atoms with van der Waals surface area (Å²) in [7, 11) is 0. The Kier molecular flexibility index (Phi) is 4.83. The molecule has 0 aliphatic rings. The van der Waals surface area contributed by atoms with Crippen molar-refractivity contribution >= 4 is 29.2 Å². The van der Waals surface area contributed by atoms with Crippen LogP contribution in [0.4, 0.5) is 16.0 Å². The molecule has 0 spiro atoms. The van der Waals surface area contributed by atoms with Crippen molar-refractivity contribution in [3.8, 4) is 16.9 Å². The molecule has 3 aromatic heterocycles. The van der Waals surface area contributed by atoms with Crippen molar-refractivity contribution in [2.24, 2.45) is 0 Å². The number of benzene rings is 1. The Morgan fingerprint density at radius 2 is 1.93 bits per heavy atom. The van der Waals surface area contributed by atoms with Gasteiger partial charge in [-0.1, -0.05) is 11.6 Å². The van der Waals surface area contributed by atoms with Crippen LogP contribution in [-0.4, -0.2) is 41.0 Å². The Labute approximate surface area is 167 Å². The van der Waals surface area contributed by atoms with Gasteiger partial charge >= 0.3 is 5.97 Å². The molecule has 0 saturated heterocycles. The zero-order valence-corrected chi connectivity index (χ0v) is 15.2. The maximum Gasteiger partial charge on any atom is 0.337 e. The first-order chi connectivity index (χ1) is 14.0. The number of hydrogen-bond acceptors (Lipinski definition) is 7. The van der Waals surface area contributed by atoms with E-state index in [-0.39, 0.29) is 16.5 Å². The summed E-state index contributed by atoms with van der Waals surface area (Å²) >= 11 is 5.80. The number of carboxylic acids is 1. The molecular formula is C18H11ClFN7O2. The summed E-state index contributed by atoms with van der Waals surface area (Å²) < 4.78 is 13.4. The Morgan fingerprint density at radius 1 is 1.14 bits per heavy atom. The third-order valence-electron chi connectivity index (χ3n) is 3.85. The van der Waals surface area contributed by atoms with E-state index in [0.29, 0.717) is 22.6 Å². The molecule has 0 radical (unpaired) electrons. The quantitative estimate of drug-likeness (QED) is 0.513. The second-order valence-electron chi connectivity index (χ2n) is 5.77. The SMILES string of the molecule is O=C(O)c1cncc(-c2cnc(Nc3ccc(F)c(Cl)c3)nc2-n2nccn2)c1. The minimum atomic E-state index is -1.11. The molecular weight excluding hydrogens is 401 g/mol. The third kappa shape index (κ3) is 3.87. The topological polar surface area (TPSA) is 119 Å². The molecule has 0 aliphatic heterocycles. The van der Waals surface area contributed by atoms with Crippen LogP contribution in [0.15, 0.2) is 55.2 Å². The maximum atomic E-state index is 13.4. The molecule has 4 rings (SSSR count). The number of nitrogens with one attached hydrogen (secondary N) is 1. The smallest absolute Gasteiger partial charge is 0.337 e. The molecule has 0 bridgehead atoms. The normalized spacial score (nSPS) is 10.7. The molecule has 144 valence electrons. The lowest BCUT2D eigenvalue weighted by molar-refractivity contribution is 0.0696. The average molecular weight is 412 g/mol. The largest absolute Gasteiger partial charge is 0.478 e. The molecule has 1 aromatic carbocycles. The third-order valence-corrected chi connectivity index (χ3v) is 4.14. The molecule has 0 aliphatic carbocycles. The number of anilines is 2. The lowest BCUT2D eigenvalue weighted by atomic mass is 10.1. The fraction of sp³-hybridized carbons (Fsp3) is 0. The van der Waals surface area contributed by atoms with Gasteiger partial charge in [0.05, 0.1) is 23.0 Å². The van der Waals surface area contributed by atoms with E-state index in [1.165, 1.54) is 60.0 Å². The van der Waals surface area contributed by atoms with Gasteiger partial charge in [0, 0.05) is 35.4 Å². The van der Waals surface area contributed by atoms with Crippen LogP contribution in [0.5, 0.6) is 0 Å². The van der Waals surface area contributed by atoms with Crippen LogP contribution in [0, 0.1) is 5.82 Å². The van der Waals surface area contributed by atoms with Gasteiger partial charge in [-0.3, -0.25) is 4.98 Å². The standard InChI is InChI=1S/C18H11ClFN7O2/c19-14-6-12(1-2-15(14)20)25-18-22-9-13(16(26-18)27-23-3-4-24-27)10-5-11(17(28)29)8-21-7-10/h1-9H,(H,28,29)(H,22,25,26). The average Bonchev–Trinajstić information content (AvgIpc) is 3.25. The van der Waals surface area contributed by atoms with Crippen molar-refractivity contribution in [2.75, 3.05) is 5.32 Å². The van der Waals surface area contributed by atoms with Crippen LogP contribution < -0.4 is 5.32 Å². The summed E-state index contributed by atoms with van der Waals surface area (Å²) in [5.74, 6) is -1.16. The highest BCUT2D eigenvalue weighted by Crippen LogP contribution is 2.27. The van der Waals surface area contributed by atoms with Crippen LogP contribution in [0.2, 0.25) is 5.02 Å². The van der Waals surface area contributed by atoms with Crippen molar-refractivity contribution in [3.05, 3.63) is 71.7 Å². The minimum Gasteiger partial charge on any atom is -0.478 e. The summed E-state index contributed by atoms with van der Waals surface area (Å²) in [5.41, 5.74) is 1.45. The summed E-state index contributed by atoms with van der Waals surface area (Å²) in [4.78, 5) is 25.2. The molecule has 0 amide bonds. The van der Waals surface area contributed by atoms with E-state index < -0.39 is 11.8 Å². The number of carboxylic acid groups (broad SMARTS) is 1. The molecule has 4 aromatic rings. The highest BCUT2D eigenvalue weighted by atomic mass is 35.5. The van der Waals surface area contributed by atoms with Crippen molar-refractivity contribution < 1.29 is 14.3 Å². The zero-order valence-electron chi connectivity index (χ0n) is 14.5. The first kappa shape index (κ1) is 18.4. The number of hydrogen-bond donors (Lipinski definition) is 2. The van der Waals surface area contributed by atoms with Crippen LogP contribution >= 0.6 is 11.6 Å². The summed E-state index contributed by atoms with van der Waals surface area (Å²) in [6, 6.07) is 5.57. The fourth-order valence-electron chi connectivity index (χ4n) is 2.52. The molecule has 0 atom stereocenters. The second-order valence-corrected chi connectivity index (χ2v) is 6.18. The first-order valence-electron chi connectivity index (χ1n) is 8.16. The fourth-order valence-corrected chi connectivity index (χ4v) is 2.70. The van der Waals surface area contributed by atoms with Crippen molar-refractivity contribution in [1.29, 1.82) is 0 Å². The van der Waals surface area contributed by atoms with E-state index in [2.05, 4.69) is 30.5 Å². The number of halogens is 2. The van der Waals surface area contributed by atoms with Gasteiger partial charge in [0.25, 0.3) is 0 Å². The number of aromatic carboxylic acids is 1. The predicted octanol–water partition coefficient (Wildman–Crippen LogP) is 3.35. The Hall–Kier alpha value is -3.92. The minimum absolute atomic E-state index is 0.0185. The number of pyridine rings is 1. The van der Waals surface area contributed by atoms with Gasteiger partial charge < -0.3 is 10.4 Å². The van der Waals surface area contributed by atoms with E-state index >= 15 is 0 Å². The first-order valence-corrected chi connectivity index (χ1v) is 8.53. The Morgan fingerprint density at radius 3 is 2.66 bits per heavy atom. The predicted molar refractivity (Wildman–Crippen MR) is 102 cm³/mol. The molecule has 0 saturated carbocycles. The molecule has 2 N–H and O–H groups in total. The van der Waals surface area contributed by atoms with Crippen molar-refractivity contribution in [2.45, 2.75) is 0 Å². The van der Waals surface area contributed by atoms with Crippen LogP contribution in [0.3, 0.4) is 0 Å². The van der Waals surface area contributed by atoms with Crippen LogP contribution in [-0.2, 0) is 0 Å². The highest BCUT2D eigenvalue weighted by molar-refractivity contribution is 6.31. The van der Waals surface area contributed by atoms with Crippen molar-refractivity contribution in [1.82, 2.24) is 29.9 Å². The number of carbonyl (C=O) groups is 1. The van der Waals surface area contributed by atoms with Gasteiger partial charge in [-0.2, -0.15) is 15.2 Å². The molecule has 9 nitrogen and oxygen atoms in total. The van der Waals surface area contributed by atoms with Gasteiger partial charge in [0.15, 0.2) is 5.82 Å². The lowest BCUT2D eigenvalue weighted by Gasteiger charge is -2.11. The maximum absolute atomic E-state index is 13.4. The second kappa shape index (κ2) is 7.60. The van der Waals surface area contributed by atoms with Gasteiger partial charge in [0.1, 0.15) is 5.82 Å². The molecule has 29 heavy (non-hydrogen) atoms. The van der Waals surface area contributed by atoms with Crippen LogP contribution in [0.25, 0.3) is 16.9 Å². The highest BCUT2D eigenvalue weighted by Gasteiger charge is 2.15. The zero-order chi connectivity index (χ0) is 20.4. The summed E-state index contributed by atoms with van der Waals surface area (Å²) in [6.45, 7) is 0. The molecule has 0 unspecified atom stereocenters. The van der Waals surface area contributed by atoms with E-state index in [4.69, 9.17) is 11.6 Å². The van der Waals surface area contributed by atoms with Crippen molar-refractivity contribution in [3.63, 3.8) is 0 Å². The van der Waals surface area contributed by atoms with E-state index in [9.17, 15) is 14.3 Å². The molecule has 3 heterocycles. The number of rotatable bonds is 5. The number of nitrogens with zero attached hydrogens (tertiary/aromatic N) is 6. The van der Waals surface area contributed by atoms with E-state index in [1.54, 1.807) is 0 Å². The molecule has 11 heteroatoms. The molecule has 0 fully saturated rings. The van der Waals surface area contributed by atoms with E-state index in [1.807, 2.05) is 0 Å². The van der Waals surface area contributed by atoms with Gasteiger partial charge in [-0.15, -0.1) is 4.80 Å². The number of aromatic nitrogens is 6. The van der Waals surface area contributed by atoms with Crippen LogP contribution in [0.1, 0.15) is 10.4 Å². The monoisotopic (exact) mass is 411 g/mol. The lowest BCUT2D eigenvalue weighted by Crippen LogP contribution is -2.08. The van der Waals surface area contributed by atoms with Gasteiger partial charge in [-0.25, -0.2) is 14.2 Å². The van der Waals surface area contributed by atoms with Gasteiger partial charge in [0.2, 0.25) is 5.95 Å². The summed E-state index contributed by atoms with van der Waals surface area (Å²) in [6.07, 6.45) is 7.18. The van der Waals surface area contributed by atoms with E-state index in [0.717, 1.165) is 0 Å². The Balaban J connectivity index is 1.78.